The molecule has 0 saturated heterocycles. The maximum atomic E-state index is 8.93. The number of anilines is 1. The lowest BCUT2D eigenvalue weighted by Gasteiger charge is -2.06. The van der Waals surface area contributed by atoms with Crippen LogP contribution in [-0.4, -0.2) is 26.5 Å². The fourth-order valence-corrected chi connectivity index (χ4v) is 1.98. The standard InChI is InChI=1S/C14H12N6/c15-8-11-19-13(12-14(20-11)18-9-17-12)16-7-6-10-4-2-1-3-5-10/h1-5,9H,6-7H2,(H2,16,17,18,19,20). The minimum absolute atomic E-state index is 0.129. The van der Waals surface area contributed by atoms with E-state index in [0.717, 1.165) is 6.42 Å². The molecule has 6 nitrogen and oxygen atoms in total. The second-order valence-electron chi connectivity index (χ2n) is 4.27. The van der Waals surface area contributed by atoms with Crippen LogP contribution in [0.15, 0.2) is 36.7 Å². The molecule has 0 atom stereocenters. The summed E-state index contributed by atoms with van der Waals surface area (Å²) in [5.74, 6) is 0.715. The molecule has 3 aromatic rings. The Morgan fingerprint density at radius 2 is 2.05 bits per heavy atom. The molecule has 0 aliphatic carbocycles. The quantitative estimate of drug-likeness (QED) is 0.750. The van der Waals surface area contributed by atoms with Gasteiger partial charge in [0, 0.05) is 6.54 Å². The third-order valence-corrected chi connectivity index (χ3v) is 2.93. The van der Waals surface area contributed by atoms with Crippen LogP contribution in [0.5, 0.6) is 0 Å². The predicted octanol–water partition coefficient (Wildman–Crippen LogP) is 1.88. The average Bonchev–Trinajstić information content (AvgIpc) is 2.96. The van der Waals surface area contributed by atoms with Crippen LogP contribution < -0.4 is 5.32 Å². The summed E-state index contributed by atoms with van der Waals surface area (Å²) in [4.78, 5) is 15.3. The molecule has 98 valence electrons. The summed E-state index contributed by atoms with van der Waals surface area (Å²) in [5.41, 5.74) is 2.46. The number of nitrogens with zero attached hydrogens (tertiary/aromatic N) is 4. The van der Waals surface area contributed by atoms with Crippen molar-refractivity contribution < 1.29 is 0 Å². The molecule has 0 bridgehead atoms. The number of nitriles is 1. The third kappa shape index (κ3) is 2.42. The highest BCUT2D eigenvalue weighted by atomic mass is 15.1. The number of imidazole rings is 1. The number of hydrogen-bond acceptors (Lipinski definition) is 5. The molecular formula is C14H12N6. The molecule has 3 rings (SSSR count). The molecule has 0 aliphatic rings. The number of fused-ring (bicyclic) bond motifs is 1. The normalized spacial score (nSPS) is 10.3. The number of aromatic nitrogens is 4. The molecule has 0 radical (unpaired) electrons. The summed E-state index contributed by atoms with van der Waals surface area (Å²) < 4.78 is 0. The number of aromatic amines is 1. The van der Waals surface area contributed by atoms with Gasteiger partial charge in [-0.2, -0.15) is 15.2 Å². The SMILES string of the molecule is N#Cc1nc(NCCc2ccccc2)c2nc[nH]c2n1. The molecule has 2 aromatic heterocycles. The molecule has 2 N–H and O–H groups in total. The van der Waals surface area contributed by atoms with Gasteiger partial charge in [0.15, 0.2) is 11.5 Å². The highest BCUT2D eigenvalue weighted by Crippen LogP contribution is 2.16. The maximum Gasteiger partial charge on any atom is 0.236 e. The Balaban J connectivity index is 1.77. The van der Waals surface area contributed by atoms with Crippen LogP contribution in [0.4, 0.5) is 5.82 Å². The van der Waals surface area contributed by atoms with Crippen LogP contribution in [0, 0.1) is 11.3 Å². The van der Waals surface area contributed by atoms with Crippen molar-refractivity contribution in [3.05, 3.63) is 48.0 Å². The highest BCUT2D eigenvalue weighted by molar-refractivity contribution is 5.82. The Morgan fingerprint density at radius 1 is 1.20 bits per heavy atom. The van der Waals surface area contributed by atoms with Crippen molar-refractivity contribution in [2.75, 3.05) is 11.9 Å². The van der Waals surface area contributed by atoms with Crippen molar-refractivity contribution in [1.29, 1.82) is 5.26 Å². The zero-order chi connectivity index (χ0) is 13.8. The second-order valence-corrected chi connectivity index (χ2v) is 4.27. The summed E-state index contributed by atoms with van der Waals surface area (Å²) in [6.45, 7) is 0.716. The van der Waals surface area contributed by atoms with Crippen LogP contribution in [0.1, 0.15) is 11.4 Å². The Morgan fingerprint density at radius 3 is 2.85 bits per heavy atom. The summed E-state index contributed by atoms with van der Waals surface area (Å²) in [6.07, 6.45) is 2.42. The molecule has 2 heterocycles. The molecule has 1 aromatic carbocycles. The van der Waals surface area contributed by atoms with Gasteiger partial charge in [-0.3, -0.25) is 0 Å². The first kappa shape index (κ1) is 12.1. The third-order valence-electron chi connectivity index (χ3n) is 2.93. The minimum atomic E-state index is 0.129. The lowest BCUT2D eigenvalue weighted by molar-refractivity contribution is 1.00. The van der Waals surface area contributed by atoms with Gasteiger partial charge in [0.05, 0.1) is 6.33 Å². The van der Waals surface area contributed by atoms with Gasteiger partial charge < -0.3 is 10.3 Å². The average molecular weight is 264 g/mol. The molecule has 20 heavy (non-hydrogen) atoms. The van der Waals surface area contributed by atoms with Crippen molar-refractivity contribution in [2.24, 2.45) is 0 Å². The van der Waals surface area contributed by atoms with Crippen LogP contribution in [0.25, 0.3) is 11.2 Å². The summed E-state index contributed by atoms with van der Waals surface area (Å²) in [7, 11) is 0. The Bertz CT molecular complexity index is 756. The van der Waals surface area contributed by atoms with Crippen molar-refractivity contribution >= 4 is 17.0 Å². The van der Waals surface area contributed by atoms with Gasteiger partial charge in [-0.05, 0) is 12.0 Å². The van der Waals surface area contributed by atoms with E-state index in [-0.39, 0.29) is 5.82 Å². The second kappa shape index (κ2) is 5.36. The first-order valence-corrected chi connectivity index (χ1v) is 6.26. The first-order chi connectivity index (χ1) is 9.86. The molecule has 0 spiro atoms. The van der Waals surface area contributed by atoms with E-state index < -0.39 is 0 Å². The zero-order valence-electron chi connectivity index (χ0n) is 10.7. The molecule has 6 heteroatoms. The maximum absolute atomic E-state index is 8.93. The molecule has 0 amide bonds. The van der Waals surface area contributed by atoms with E-state index in [1.807, 2.05) is 24.3 Å². The van der Waals surface area contributed by atoms with Crippen LogP contribution in [-0.2, 0) is 6.42 Å². The fourth-order valence-electron chi connectivity index (χ4n) is 1.98. The smallest absolute Gasteiger partial charge is 0.236 e. The van der Waals surface area contributed by atoms with Crippen LogP contribution in [0.2, 0.25) is 0 Å². The van der Waals surface area contributed by atoms with Crippen LogP contribution in [0.3, 0.4) is 0 Å². The van der Waals surface area contributed by atoms with E-state index in [2.05, 4.69) is 37.4 Å². The Kier molecular flexibility index (Phi) is 3.25. The van der Waals surface area contributed by atoms with Gasteiger partial charge in [0.2, 0.25) is 5.82 Å². The van der Waals surface area contributed by atoms with Crippen molar-refractivity contribution in [3.63, 3.8) is 0 Å². The Hall–Kier alpha value is -2.94. The van der Waals surface area contributed by atoms with Crippen molar-refractivity contribution in [3.8, 4) is 6.07 Å². The summed E-state index contributed by atoms with van der Waals surface area (Å²) >= 11 is 0. The van der Waals surface area contributed by atoms with Gasteiger partial charge in [0.1, 0.15) is 11.6 Å². The number of benzene rings is 1. The number of nitrogens with one attached hydrogen (secondary N) is 2. The lowest BCUT2D eigenvalue weighted by atomic mass is 10.1. The van der Waals surface area contributed by atoms with Crippen molar-refractivity contribution in [2.45, 2.75) is 6.42 Å². The van der Waals surface area contributed by atoms with E-state index in [0.29, 0.717) is 23.5 Å². The van der Waals surface area contributed by atoms with E-state index >= 15 is 0 Å². The molecule has 0 fully saturated rings. The highest BCUT2D eigenvalue weighted by Gasteiger charge is 2.09. The molecular weight excluding hydrogens is 252 g/mol. The first-order valence-electron chi connectivity index (χ1n) is 6.26. The van der Waals surface area contributed by atoms with Gasteiger partial charge in [-0.15, -0.1) is 0 Å². The van der Waals surface area contributed by atoms with Gasteiger partial charge in [0.25, 0.3) is 0 Å². The zero-order valence-corrected chi connectivity index (χ0v) is 10.7. The monoisotopic (exact) mass is 264 g/mol. The number of hydrogen-bond donors (Lipinski definition) is 2. The van der Waals surface area contributed by atoms with E-state index in [4.69, 9.17) is 5.26 Å². The van der Waals surface area contributed by atoms with Crippen LogP contribution >= 0.6 is 0 Å². The number of H-pyrrole nitrogens is 1. The fraction of sp³-hybridized carbons (Fsp3) is 0.143. The largest absolute Gasteiger partial charge is 0.368 e. The molecule has 0 saturated carbocycles. The molecule has 0 aliphatic heterocycles. The van der Waals surface area contributed by atoms with E-state index in [1.165, 1.54) is 5.56 Å². The van der Waals surface area contributed by atoms with Crippen molar-refractivity contribution in [1.82, 2.24) is 19.9 Å². The van der Waals surface area contributed by atoms with Gasteiger partial charge in [-0.25, -0.2) is 4.98 Å². The topological polar surface area (TPSA) is 90.3 Å². The van der Waals surface area contributed by atoms with E-state index in [9.17, 15) is 0 Å². The predicted molar refractivity (Wildman–Crippen MR) is 75.0 cm³/mol. The molecule has 0 unspecified atom stereocenters. The summed E-state index contributed by atoms with van der Waals surface area (Å²) in [5, 5.41) is 12.1. The Labute approximate surface area is 115 Å². The van der Waals surface area contributed by atoms with Gasteiger partial charge in [-0.1, -0.05) is 30.3 Å². The van der Waals surface area contributed by atoms with E-state index in [1.54, 1.807) is 6.33 Å². The lowest BCUT2D eigenvalue weighted by Crippen LogP contribution is -2.08. The van der Waals surface area contributed by atoms with Gasteiger partial charge >= 0.3 is 0 Å². The minimum Gasteiger partial charge on any atom is -0.368 e. The summed E-state index contributed by atoms with van der Waals surface area (Å²) in [6, 6.07) is 12.1. The number of rotatable bonds is 4.